The Hall–Kier alpha value is -0.320. The van der Waals surface area contributed by atoms with E-state index in [-0.39, 0.29) is 6.61 Å². The highest BCUT2D eigenvalue weighted by Crippen LogP contribution is 2.25. The highest BCUT2D eigenvalue weighted by atomic mass is 32.2. The van der Waals surface area contributed by atoms with E-state index in [1.54, 1.807) is 11.8 Å². The first kappa shape index (κ1) is 10.8. The van der Waals surface area contributed by atoms with Crippen molar-refractivity contribution in [3.8, 4) is 0 Å². The molecule has 72 valence electrons. The van der Waals surface area contributed by atoms with Crippen LogP contribution in [0.1, 0.15) is 16.6 Å². The molecule has 1 N–H and O–H groups in total. The van der Waals surface area contributed by atoms with Crippen LogP contribution in [-0.4, -0.2) is 23.8 Å². The summed E-state index contributed by atoms with van der Waals surface area (Å²) in [6.07, 6.45) is 0.865. The first-order valence-corrected chi connectivity index (χ1v) is 5.90. The zero-order chi connectivity index (χ0) is 9.68. The highest BCUT2D eigenvalue weighted by Gasteiger charge is 2.03. The Kier molecular flexibility index (Phi) is 4.48. The van der Waals surface area contributed by atoms with Crippen LogP contribution in [0, 0.1) is 5.92 Å². The number of aliphatic hydroxyl groups excluding tert-OH is 1. The lowest BCUT2D eigenvalue weighted by Crippen LogP contribution is -2.02. The average molecular weight is 216 g/mol. The van der Waals surface area contributed by atoms with E-state index in [2.05, 4.69) is 0 Å². The summed E-state index contributed by atoms with van der Waals surface area (Å²) in [5, 5.41) is 10.8. The average Bonchev–Trinajstić information content (AvgIpc) is 2.61. The number of rotatable bonds is 5. The van der Waals surface area contributed by atoms with Crippen molar-refractivity contribution in [2.45, 2.75) is 11.8 Å². The normalized spacial score (nSPS) is 12.8. The lowest BCUT2D eigenvalue weighted by molar-refractivity contribution is 0.112. The standard InChI is InChI=1S/C9H12O2S2/c1-7(3-10)5-12-9-2-8(4-11)13-6-9/h2,4,6-7,10H,3,5H2,1H3. The molecular weight excluding hydrogens is 204 g/mol. The molecule has 0 spiro atoms. The summed E-state index contributed by atoms with van der Waals surface area (Å²) in [7, 11) is 0. The topological polar surface area (TPSA) is 37.3 Å². The Morgan fingerprint density at radius 2 is 2.54 bits per heavy atom. The lowest BCUT2D eigenvalue weighted by atomic mass is 10.2. The van der Waals surface area contributed by atoms with E-state index >= 15 is 0 Å². The summed E-state index contributed by atoms with van der Waals surface area (Å²) in [5.41, 5.74) is 0. The van der Waals surface area contributed by atoms with Gasteiger partial charge < -0.3 is 5.11 Å². The molecule has 1 atom stereocenters. The SMILES string of the molecule is CC(CO)CSc1csc(C=O)c1. The molecule has 13 heavy (non-hydrogen) atoms. The molecule has 1 rings (SSSR count). The van der Waals surface area contributed by atoms with Crippen molar-refractivity contribution in [2.75, 3.05) is 12.4 Å². The number of hydrogen-bond donors (Lipinski definition) is 1. The Labute approximate surface area is 86.0 Å². The smallest absolute Gasteiger partial charge is 0.160 e. The molecule has 0 bridgehead atoms. The molecule has 0 radical (unpaired) electrons. The quantitative estimate of drug-likeness (QED) is 0.606. The molecule has 0 fully saturated rings. The molecule has 2 nitrogen and oxygen atoms in total. The Bertz CT molecular complexity index is 270. The van der Waals surface area contributed by atoms with Crippen molar-refractivity contribution < 1.29 is 9.90 Å². The van der Waals surface area contributed by atoms with Crippen molar-refractivity contribution in [1.29, 1.82) is 0 Å². The molecule has 0 saturated heterocycles. The number of carbonyl (C=O) groups excluding carboxylic acids is 1. The minimum absolute atomic E-state index is 0.220. The van der Waals surface area contributed by atoms with Crippen molar-refractivity contribution in [1.82, 2.24) is 0 Å². The van der Waals surface area contributed by atoms with Gasteiger partial charge in [-0.1, -0.05) is 6.92 Å². The second-order valence-corrected chi connectivity index (χ2v) is 4.94. The first-order chi connectivity index (χ1) is 6.26. The summed E-state index contributed by atoms with van der Waals surface area (Å²) >= 11 is 3.14. The zero-order valence-electron chi connectivity index (χ0n) is 7.40. The van der Waals surface area contributed by atoms with Gasteiger partial charge in [-0.25, -0.2) is 0 Å². The number of thiophene rings is 1. The van der Waals surface area contributed by atoms with Crippen LogP contribution in [0.3, 0.4) is 0 Å². The van der Waals surface area contributed by atoms with Crippen molar-refractivity contribution >= 4 is 29.4 Å². The summed E-state index contributed by atoms with van der Waals surface area (Å²) in [6, 6.07) is 1.88. The van der Waals surface area contributed by atoms with E-state index in [1.165, 1.54) is 11.3 Å². The molecule has 0 aromatic carbocycles. The van der Waals surface area contributed by atoms with Crippen LogP contribution in [0.4, 0.5) is 0 Å². The minimum Gasteiger partial charge on any atom is -0.396 e. The van der Waals surface area contributed by atoms with Crippen molar-refractivity contribution in [3.63, 3.8) is 0 Å². The van der Waals surface area contributed by atoms with Crippen LogP contribution in [0.15, 0.2) is 16.3 Å². The van der Waals surface area contributed by atoms with Gasteiger partial charge in [0.25, 0.3) is 0 Å². The van der Waals surface area contributed by atoms with Gasteiger partial charge in [0.05, 0.1) is 4.88 Å². The molecule has 1 unspecified atom stereocenters. The van der Waals surface area contributed by atoms with Gasteiger partial charge in [0.1, 0.15) is 0 Å². The van der Waals surface area contributed by atoms with Crippen LogP contribution in [0.5, 0.6) is 0 Å². The lowest BCUT2D eigenvalue weighted by Gasteiger charge is -2.04. The maximum Gasteiger partial charge on any atom is 0.160 e. The van der Waals surface area contributed by atoms with Gasteiger partial charge in [-0.3, -0.25) is 4.79 Å². The number of carbonyl (C=O) groups is 1. The Morgan fingerprint density at radius 1 is 1.77 bits per heavy atom. The highest BCUT2D eigenvalue weighted by molar-refractivity contribution is 7.99. The van der Waals surface area contributed by atoms with Gasteiger partial charge in [-0.05, 0) is 12.0 Å². The number of thioether (sulfide) groups is 1. The van der Waals surface area contributed by atoms with Gasteiger partial charge in [0, 0.05) is 22.6 Å². The van der Waals surface area contributed by atoms with E-state index in [0.717, 1.165) is 21.8 Å². The summed E-state index contributed by atoms with van der Waals surface area (Å²) in [6.45, 7) is 2.22. The molecular formula is C9H12O2S2. The predicted octanol–water partition coefficient (Wildman–Crippen LogP) is 2.28. The van der Waals surface area contributed by atoms with Crippen LogP contribution < -0.4 is 0 Å². The zero-order valence-corrected chi connectivity index (χ0v) is 9.03. The van der Waals surface area contributed by atoms with Gasteiger partial charge in [0.2, 0.25) is 0 Å². The molecule has 0 amide bonds. The van der Waals surface area contributed by atoms with Crippen LogP contribution >= 0.6 is 23.1 Å². The predicted molar refractivity (Wildman–Crippen MR) is 56.7 cm³/mol. The van der Waals surface area contributed by atoms with E-state index in [9.17, 15) is 4.79 Å². The third kappa shape index (κ3) is 3.50. The molecule has 0 saturated carbocycles. The summed E-state index contributed by atoms with van der Waals surface area (Å²) < 4.78 is 0. The van der Waals surface area contributed by atoms with E-state index in [1.807, 2.05) is 18.4 Å². The fourth-order valence-corrected chi connectivity index (χ4v) is 2.62. The van der Waals surface area contributed by atoms with Gasteiger partial charge in [-0.15, -0.1) is 23.1 Å². The fourth-order valence-electron chi connectivity index (χ4n) is 0.763. The third-order valence-corrected chi connectivity index (χ3v) is 3.87. The second-order valence-electron chi connectivity index (χ2n) is 2.90. The third-order valence-electron chi connectivity index (χ3n) is 1.56. The van der Waals surface area contributed by atoms with E-state index < -0.39 is 0 Å². The maximum atomic E-state index is 10.4. The fraction of sp³-hybridized carbons (Fsp3) is 0.444. The van der Waals surface area contributed by atoms with Gasteiger partial charge in [-0.2, -0.15) is 0 Å². The van der Waals surface area contributed by atoms with Crippen molar-refractivity contribution in [2.24, 2.45) is 5.92 Å². The summed E-state index contributed by atoms with van der Waals surface area (Å²) in [5.74, 6) is 1.20. The van der Waals surface area contributed by atoms with Gasteiger partial charge in [0.15, 0.2) is 6.29 Å². The van der Waals surface area contributed by atoms with Crippen LogP contribution in [0.25, 0.3) is 0 Å². The van der Waals surface area contributed by atoms with Crippen LogP contribution in [0.2, 0.25) is 0 Å². The monoisotopic (exact) mass is 216 g/mol. The van der Waals surface area contributed by atoms with E-state index in [4.69, 9.17) is 5.11 Å². The van der Waals surface area contributed by atoms with E-state index in [0.29, 0.717) is 5.92 Å². The molecule has 0 aliphatic carbocycles. The molecule has 4 heteroatoms. The first-order valence-electron chi connectivity index (χ1n) is 4.03. The molecule has 1 heterocycles. The number of aldehydes is 1. The minimum atomic E-state index is 0.220. The number of aliphatic hydroxyl groups is 1. The maximum absolute atomic E-state index is 10.4. The van der Waals surface area contributed by atoms with Crippen LogP contribution in [-0.2, 0) is 0 Å². The second kappa shape index (κ2) is 5.42. The van der Waals surface area contributed by atoms with Gasteiger partial charge >= 0.3 is 0 Å². The number of hydrogen-bond acceptors (Lipinski definition) is 4. The van der Waals surface area contributed by atoms with Crippen molar-refractivity contribution in [3.05, 3.63) is 16.3 Å². The Morgan fingerprint density at radius 3 is 3.08 bits per heavy atom. The summed E-state index contributed by atoms with van der Waals surface area (Å²) in [4.78, 5) is 12.3. The molecule has 1 aromatic rings. The molecule has 0 aliphatic heterocycles. The largest absolute Gasteiger partial charge is 0.396 e. The Balaban J connectivity index is 2.40. The molecule has 0 aliphatic rings. The molecule has 1 aromatic heterocycles.